The van der Waals surface area contributed by atoms with Gasteiger partial charge < -0.3 is 10.2 Å². The SMILES string of the molecule is CS(=O)(=O)N1CCC2(CC1)Oc1ccccc1[C@@H]1C=C(c3ccc4ccccc4c3)NN12. The zero-order valence-electron chi connectivity index (χ0n) is 17.9. The summed E-state index contributed by atoms with van der Waals surface area (Å²) in [7, 11) is -3.21. The van der Waals surface area contributed by atoms with Crippen molar-refractivity contribution in [1.29, 1.82) is 0 Å². The van der Waals surface area contributed by atoms with Crippen molar-refractivity contribution in [2.45, 2.75) is 24.6 Å². The van der Waals surface area contributed by atoms with Crippen molar-refractivity contribution < 1.29 is 13.2 Å². The summed E-state index contributed by atoms with van der Waals surface area (Å²) in [5, 5.41) is 4.61. The van der Waals surface area contributed by atoms with Gasteiger partial charge >= 0.3 is 0 Å². The molecule has 32 heavy (non-hydrogen) atoms. The Bertz CT molecular complexity index is 1340. The van der Waals surface area contributed by atoms with Crippen LogP contribution >= 0.6 is 0 Å². The zero-order chi connectivity index (χ0) is 21.9. The zero-order valence-corrected chi connectivity index (χ0v) is 18.7. The van der Waals surface area contributed by atoms with Crippen LogP contribution in [0.4, 0.5) is 0 Å². The molecule has 164 valence electrons. The number of nitrogens with one attached hydrogen (secondary N) is 1. The summed E-state index contributed by atoms with van der Waals surface area (Å²) in [4.78, 5) is 0. The van der Waals surface area contributed by atoms with Gasteiger partial charge in [0.2, 0.25) is 10.0 Å². The Morgan fingerprint density at radius 2 is 1.69 bits per heavy atom. The highest BCUT2D eigenvalue weighted by atomic mass is 32.2. The Morgan fingerprint density at radius 1 is 0.969 bits per heavy atom. The summed E-state index contributed by atoms with van der Waals surface area (Å²) in [6, 6.07) is 23.0. The molecule has 3 aromatic carbocycles. The number of piperidine rings is 1. The fraction of sp³-hybridized carbons (Fsp3) is 0.280. The van der Waals surface area contributed by atoms with Crippen molar-refractivity contribution in [3.8, 4) is 5.75 Å². The Labute approximate surface area is 188 Å². The van der Waals surface area contributed by atoms with Crippen LogP contribution in [0.25, 0.3) is 16.5 Å². The lowest BCUT2D eigenvalue weighted by Crippen LogP contribution is -2.64. The van der Waals surface area contributed by atoms with Crippen molar-refractivity contribution in [2.75, 3.05) is 19.3 Å². The maximum Gasteiger partial charge on any atom is 0.211 e. The van der Waals surface area contributed by atoms with Gasteiger partial charge in [-0.25, -0.2) is 12.7 Å². The van der Waals surface area contributed by atoms with Crippen LogP contribution in [0.5, 0.6) is 5.75 Å². The molecule has 1 fully saturated rings. The number of hydrazine groups is 1. The first-order chi connectivity index (χ1) is 15.4. The third-order valence-electron chi connectivity index (χ3n) is 6.85. The average Bonchev–Trinajstić information content (AvgIpc) is 3.26. The molecule has 0 aromatic heterocycles. The van der Waals surface area contributed by atoms with Gasteiger partial charge in [-0.15, -0.1) is 0 Å². The second kappa shape index (κ2) is 7.07. The molecular weight excluding hydrogens is 422 g/mol. The molecule has 1 spiro atoms. The van der Waals surface area contributed by atoms with Gasteiger partial charge in [0.15, 0.2) is 5.72 Å². The second-order valence-electron chi connectivity index (χ2n) is 8.82. The van der Waals surface area contributed by atoms with E-state index in [9.17, 15) is 8.42 Å². The molecule has 0 unspecified atom stereocenters. The molecular formula is C25H25N3O3S. The molecule has 3 aliphatic rings. The van der Waals surface area contributed by atoms with E-state index in [4.69, 9.17) is 4.74 Å². The minimum atomic E-state index is -3.21. The summed E-state index contributed by atoms with van der Waals surface area (Å²) in [6.07, 6.45) is 4.72. The Hall–Kier alpha value is -2.87. The van der Waals surface area contributed by atoms with Crippen LogP contribution in [0.2, 0.25) is 0 Å². The summed E-state index contributed by atoms with van der Waals surface area (Å²) in [6.45, 7) is 0.883. The van der Waals surface area contributed by atoms with Crippen molar-refractivity contribution in [3.63, 3.8) is 0 Å². The molecule has 0 saturated carbocycles. The van der Waals surface area contributed by atoms with E-state index < -0.39 is 15.7 Å². The normalized spacial score (nSPS) is 22.7. The van der Waals surface area contributed by atoms with Gasteiger partial charge in [0.1, 0.15) is 5.75 Å². The molecule has 7 heteroatoms. The molecule has 1 atom stereocenters. The molecule has 3 heterocycles. The number of para-hydroxylation sites is 1. The molecule has 3 aliphatic heterocycles. The van der Waals surface area contributed by atoms with E-state index in [1.54, 1.807) is 4.31 Å². The fourth-order valence-corrected chi connectivity index (χ4v) is 6.00. The maximum absolute atomic E-state index is 12.1. The van der Waals surface area contributed by atoms with Gasteiger partial charge in [0.25, 0.3) is 0 Å². The number of sulfonamides is 1. The van der Waals surface area contributed by atoms with Crippen LogP contribution in [0.3, 0.4) is 0 Å². The number of hydrogen-bond acceptors (Lipinski definition) is 5. The molecule has 6 rings (SSSR count). The van der Waals surface area contributed by atoms with Crippen LogP contribution in [0.15, 0.2) is 72.8 Å². The van der Waals surface area contributed by atoms with Gasteiger partial charge in [0, 0.05) is 31.5 Å². The Morgan fingerprint density at radius 3 is 2.47 bits per heavy atom. The van der Waals surface area contributed by atoms with E-state index >= 15 is 0 Å². The fourth-order valence-electron chi connectivity index (χ4n) is 5.15. The van der Waals surface area contributed by atoms with Crippen LogP contribution in [-0.2, 0) is 10.0 Å². The van der Waals surface area contributed by atoms with Crippen LogP contribution in [0, 0.1) is 0 Å². The van der Waals surface area contributed by atoms with Crippen molar-refractivity contribution >= 4 is 26.5 Å². The van der Waals surface area contributed by atoms with Crippen LogP contribution in [0.1, 0.15) is 30.0 Å². The number of fused-ring (bicyclic) bond motifs is 5. The molecule has 0 radical (unpaired) electrons. The van der Waals surface area contributed by atoms with E-state index in [2.05, 4.69) is 65.0 Å². The van der Waals surface area contributed by atoms with E-state index in [-0.39, 0.29) is 6.04 Å². The third kappa shape index (κ3) is 3.11. The number of rotatable bonds is 2. The second-order valence-corrected chi connectivity index (χ2v) is 10.8. The molecule has 1 saturated heterocycles. The first kappa shape index (κ1) is 19.8. The van der Waals surface area contributed by atoms with Crippen LogP contribution < -0.4 is 10.2 Å². The van der Waals surface area contributed by atoms with E-state index in [0.717, 1.165) is 22.6 Å². The quantitative estimate of drug-likeness (QED) is 0.646. The van der Waals surface area contributed by atoms with Gasteiger partial charge in [-0.2, -0.15) is 5.01 Å². The lowest BCUT2D eigenvalue weighted by atomic mass is 9.93. The first-order valence-electron chi connectivity index (χ1n) is 10.9. The molecule has 0 bridgehead atoms. The van der Waals surface area contributed by atoms with E-state index in [1.165, 1.54) is 17.0 Å². The average molecular weight is 448 g/mol. The largest absolute Gasteiger partial charge is 0.470 e. The predicted molar refractivity (Wildman–Crippen MR) is 125 cm³/mol. The topological polar surface area (TPSA) is 61.9 Å². The summed E-state index contributed by atoms with van der Waals surface area (Å²) < 4.78 is 32.3. The molecule has 1 N–H and O–H groups in total. The van der Waals surface area contributed by atoms with E-state index in [1.807, 2.05) is 18.2 Å². The lowest BCUT2D eigenvalue weighted by Gasteiger charge is -2.51. The lowest BCUT2D eigenvalue weighted by molar-refractivity contribution is -0.153. The molecule has 0 aliphatic carbocycles. The van der Waals surface area contributed by atoms with Crippen LogP contribution in [-0.4, -0.2) is 42.8 Å². The highest BCUT2D eigenvalue weighted by molar-refractivity contribution is 7.88. The van der Waals surface area contributed by atoms with Gasteiger partial charge in [-0.05, 0) is 34.5 Å². The number of hydrogen-bond donors (Lipinski definition) is 1. The third-order valence-corrected chi connectivity index (χ3v) is 8.16. The summed E-state index contributed by atoms with van der Waals surface area (Å²) in [5.74, 6) is 0.874. The maximum atomic E-state index is 12.1. The van der Waals surface area contributed by atoms with E-state index in [0.29, 0.717) is 25.9 Å². The summed E-state index contributed by atoms with van der Waals surface area (Å²) >= 11 is 0. The number of benzene rings is 3. The van der Waals surface area contributed by atoms with Crippen molar-refractivity contribution in [2.24, 2.45) is 0 Å². The number of nitrogens with zero attached hydrogens (tertiary/aromatic N) is 2. The minimum absolute atomic E-state index is 0.0196. The van der Waals surface area contributed by atoms with Crippen molar-refractivity contribution in [3.05, 3.63) is 83.9 Å². The first-order valence-corrected chi connectivity index (χ1v) is 12.8. The molecule has 0 amide bonds. The van der Waals surface area contributed by atoms with Gasteiger partial charge in [-0.1, -0.05) is 54.6 Å². The predicted octanol–water partition coefficient (Wildman–Crippen LogP) is 3.89. The Kier molecular flexibility index (Phi) is 4.37. The summed E-state index contributed by atoms with van der Waals surface area (Å²) in [5.41, 5.74) is 6.32. The van der Waals surface area contributed by atoms with Gasteiger partial charge in [0.05, 0.1) is 18.0 Å². The smallest absolute Gasteiger partial charge is 0.211 e. The molecule has 6 nitrogen and oxygen atoms in total. The monoisotopic (exact) mass is 447 g/mol. The standard InChI is InChI=1S/C25H25N3O3S/c1-32(29,30)27-14-12-25(13-15-27)28-23(21-8-4-5-9-24(21)31-25)17-22(26-28)20-11-10-18-6-2-3-7-19(18)16-20/h2-11,16-17,23,26H,12-15H2,1H3/t23-/m0/s1. The highest BCUT2D eigenvalue weighted by Crippen LogP contribution is 2.48. The number of ether oxygens (including phenoxy) is 1. The Balaban J connectivity index is 1.39. The van der Waals surface area contributed by atoms with Crippen molar-refractivity contribution in [1.82, 2.24) is 14.7 Å². The minimum Gasteiger partial charge on any atom is -0.470 e. The molecule has 3 aromatic rings. The highest BCUT2D eigenvalue weighted by Gasteiger charge is 2.52. The van der Waals surface area contributed by atoms with Gasteiger partial charge in [-0.3, -0.25) is 0 Å².